The lowest BCUT2D eigenvalue weighted by molar-refractivity contribution is 0.0730. The summed E-state index contributed by atoms with van der Waals surface area (Å²) in [5.74, 6) is -0.391. The van der Waals surface area contributed by atoms with Crippen LogP contribution in [0.1, 0.15) is 30.6 Å². The molecule has 9 heteroatoms. The highest BCUT2D eigenvalue weighted by Crippen LogP contribution is 2.18. The predicted molar refractivity (Wildman–Crippen MR) is 107 cm³/mol. The van der Waals surface area contributed by atoms with Crippen LogP contribution >= 0.6 is 0 Å². The maximum absolute atomic E-state index is 12.8. The van der Waals surface area contributed by atoms with Crippen LogP contribution in [0.25, 0.3) is 0 Å². The number of carbonyl (C=O) groups is 1. The van der Waals surface area contributed by atoms with Gasteiger partial charge in [-0.05, 0) is 37.7 Å². The Labute approximate surface area is 167 Å². The van der Waals surface area contributed by atoms with Gasteiger partial charge in [-0.2, -0.15) is 4.31 Å². The minimum atomic E-state index is -3.66. The quantitative estimate of drug-likeness (QED) is 0.581. The van der Waals surface area contributed by atoms with Crippen molar-refractivity contribution in [1.82, 2.24) is 14.5 Å². The maximum Gasteiger partial charge on any atom is 0.251 e. The van der Waals surface area contributed by atoms with Crippen molar-refractivity contribution in [3.8, 4) is 0 Å². The first-order valence-corrected chi connectivity index (χ1v) is 11.2. The molecule has 1 saturated heterocycles. The Morgan fingerprint density at radius 3 is 2.57 bits per heavy atom. The molecule has 8 nitrogen and oxygen atoms in total. The summed E-state index contributed by atoms with van der Waals surface area (Å²) in [5, 5.41) is 12.4. The molecule has 1 unspecified atom stereocenters. The normalized spacial score (nSPS) is 16.9. The first-order valence-electron chi connectivity index (χ1n) is 9.74. The molecule has 28 heavy (non-hydrogen) atoms. The van der Waals surface area contributed by atoms with Crippen molar-refractivity contribution in [3.05, 3.63) is 29.8 Å². The fourth-order valence-electron chi connectivity index (χ4n) is 3.09. The minimum absolute atomic E-state index is 0.0886. The van der Waals surface area contributed by atoms with Crippen LogP contribution < -0.4 is 5.32 Å². The van der Waals surface area contributed by atoms with Gasteiger partial charge in [0.05, 0.1) is 30.8 Å². The third-order valence-corrected chi connectivity index (χ3v) is 6.84. The molecule has 1 fully saturated rings. The van der Waals surface area contributed by atoms with Crippen molar-refractivity contribution in [2.24, 2.45) is 0 Å². The number of aliphatic hydroxyl groups is 1. The van der Waals surface area contributed by atoms with Crippen molar-refractivity contribution in [2.45, 2.75) is 31.2 Å². The highest BCUT2D eigenvalue weighted by atomic mass is 32.2. The number of morpholine rings is 1. The molecule has 0 bridgehead atoms. The summed E-state index contributed by atoms with van der Waals surface area (Å²) in [6.45, 7) is 7.88. The molecule has 1 heterocycles. The molecule has 2 N–H and O–H groups in total. The van der Waals surface area contributed by atoms with Crippen molar-refractivity contribution in [1.29, 1.82) is 0 Å². The molecule has 158 valence electrons. The number of hydrogen-bond donors (Lipinski definition) is 2. The molecule has 0 radical (unpaired) electrons. The number of ether oxygens (including phenoxy) is 1. The van der Waals surface area contributed by atoms with Gasteiger partial charge in [0.1, 0.15) is 0 Å². The van der Waals surface area contributed by atoms with E-state index < -0.39 is 15.9 Å². The molecule has 0 aromatic heterocycles. The molecule has 0 spiro atoms. The smallest absolute Gasteiger partial charge is 0.251 e. The Morgan fingerprint density at radius 2 is 1.96 bits per heavy atom. The van der Waals surface area contributed by atoms with E-state index in [0.29, 0.717) is 32.7 Å². The number of nitrogens with zero attached hydrogens (tertiary/aromatic N) is 2. The summed E-state index contributed by atoms with van der Waals surface area (Å²) in [6, 6.07) is 5.64. The zero-order valence-corrected chi connectivity index (χ0v) is 17.5. The zero-order valence-electron chi connectivity index (χ0n) is 16.6. The number of hydrogen-bond acceptors (Lipinski definition) is 6. The molecule has 2 rings (SSSR count). The molecule has 1 amide bonds. The van der Waals surface area contributed by atoms with Crippen molar-refractivity contribution in [2.75, 3.05) is 52.5 Å². The number of carbonyl (C=O) groups excluding carboxylic acids is 1. The van der Waals surface area contributed by atoms with Crippen LogP contribution in [0.4, 0.5) is 0 Å². The van der Waals surface area contributed by atoms with Crippen LogP contribution in [0.3, 0.4) is 0 Å². The number of sulfonamides is 1. The molecular weight excluding hydrogens is 382 g/mol. The van der Waals surface area contributed by atoms with E-state index in [4.69, 9.17) is 4.74 Å². The molecule has 1 atom stereocenters. The molecule has 1 aromatic rings. The number of rotatable bonds is 10. The number of nitrogens with one attached hydrogen (secondary N) is 1. The van der Waals surface area contributed by atoms with Crippen molar-refractivity contribution >= 4 is 15.9 Å². The average molecular weight is 414 g/mol. The monoisotopic (exact) mass is 413 g/mol. The number of amides is 1. The highest BCUT2D eigenvalue weighted by molar-refractivity contribution is 7.89. The Kier molecular flexibility index (Phi) is 8.84. The zero-order chi connectivity index (χ0) is 20.6. The fraction of sp³-hybridized carbons (Fsp3) is 0.632. The van der Waals surface area contributed by atoms with Crippen LogP contribution in [0, 0.1) is 0 Å². The van der Waals surface area contributed by atoms with Gasteiger partial charge in [-0.25, -0.2) is 8.42 Å². The SMILES string of the molecule is CCN(CC)CCC(CO)NC(=O)c1cccc(S(=O)(=O)N2CCOCC2)c1. The van der Waals surface area contributed by atoms with Gasteiger partial charge >= 0.3 is 0 Å². The predicted octanol–water partition coefficient (Wildman–Crippen LogP) is 0.530. The maximum atomic E-state index is 12.8. The van der Waals surface area contributed by atoms with Gasteiger partial charge in [0.2, 0.25) is 10.0 Å². The third-order valence-electron chi connectivity index (χ3n) is 4.95. The average Bonchev–Trinajstić information content (AvgIpc) is 2.74. The van der Waals surface area contributed by atoms with Crippen LogP contribution in [0.2, 0.25) is 0 Å². The molecule has 1 aliphatic rings. The van der Waals surface area contributed by atoms with Crippen LogP contribution in [-0.2, 0) is 14.8 Å². The Morgan fingerprint density at radius 1 is 1.29 bits per heavy atom. The summed E-state index contributed by atoms with van der Waals surface area (Å²) in [7, 11) is -3.66. The van der Waals surface area contributed by atoms with E-state index in [1.165, 1.54) is 16.4 Å². The number of benzene rings is 1. The van der Waals surface area contributed by atoms with Crippen LogP contribution in [0.15, 0.2) is 29.2 Å². The van der Waals surface area contributed by atoms with Gasteiger partial charge in [0, 0.05) is 25.2 Å². The second kappa shape index (κ2) is 10.9. The molecule has 1 aliphatic heterocycles. The second-order valence-corrected chi connectivity index (χ2v) is 8.65. The Bertz CT molecular complexity index is 731. The Hall–Kier alpha value is -1.52. The lowest BCUT2D eigenvalue weighted by atomic mass is 10.1. The van der Waals surface area contributed by atoms with E-state index >= 15 is 0 Å². The third kappa shape index (κ3) is 5.99. The summed E-state index contributed by atoms with van der Waals surface area (Å²) >= 11 is 0. The van der Waals surface area contributed by atoms with E-state index in [2.05, 4.69) is 24.1 Å². The van der Waals surface area contributed by atoms with Gasteiger partial charge in [-0.3, -0.25) is 4.79 Å². The van der Waals surface area contributed by atoms with Crippen LogP contribution in [0.5, 0.6) is 0 Å². The largest absolute Gasteiger partial charge is 0.394 e. The summed E-state index contributed by atoms with van der Waals surface area (Å²) in [5.41, 5.74) is 0.260. The summed E-state index contributed by atoms with van der Waals surface area (Å²) < 4.78 is 32.1. The fourth-order valence-corrected chi connectivity index (χ4v) is 4.54. The molecular formula is C19H31N3O5S. The highest BCUT2D eigenvalue weighted by Gasteiger charge is 2.27. The molecule has 0 saturated carbocycles. The van der Waals surface area contributed by atoms with E-state index in [0.717, 1.165) is 19.6 Å². The van der Waals surface area contributed by atoms with Crippen molar-refractivity contribution in [3.63, 3.8) is 0 Å². The van der Waals surface area contributed by atoms with Gasteiger partial charge in [0.15, 0.2) is 0 Å². The molecule has 0 aliphatic carbocycles. The van der Waals surface area contributed by atoms with E-state index in [1.54, 1.807) is 12.1 Å². The lowest BCUT2D eigenvalue weighted by Crippen LogP contribution is -2.41. The summed E-state index contributed by atoms with van der Waals surface area (Å²) in [6.07, 6.45) is 0.621. The molecule has 1 aromatic carbocycles. The van der Waals surface area contributed by atoms with Crippen molar-refractivity contribution < 1.29 is 23.1 Å². The summed E-state index contributed by atoms with van der Waals surface area (Å²) in [4.78, 5) is 14.9. The van der Waals surface area contributed by atoms with Gasteiger partial charge in [0.25, 0.3) is 5.91 Å². The first-order chi connectivity index (χ1) is 13.4. The number of aliphatic hydroxyl groups excluding tert-OH is 1. The topological polar surface area (TPSA) is 99.2 Å². The lowest BCUT2D eigenvalue weighted by Gasteiger charge is -2.26. The van der Waals surface area contributed by atoms with Gasteiger partial charge in [-0.1, -0.05) is 19.9 Å². The van der Waals surface area contributed by atoms with E-state index in [-0.39, 0.29) is 23.1 Å². The standard InChI is InChI=1S/C19H31N3O5S/c1-3-21(4-2)9-8-17(15-23)20-19(24)16-6-5-7-18(14-16)28(25,26)22-10-12-27-13-11-22/h5-7,14,17,23H,3-4,8-13,15H2,1-2H3,(H,20,24). The van der Waals surface area contributed by atoms with Gasteiger partial charge < -0.3 is 20.1 Å². The van der Waals surface area contributed by atoms with Gasteiger partial charge in [-0.15, -0.1) is 0 Å². The van der Waals surface area contributed by atoms with Crippen LogP contribution in [-0.4, -0.2) is 87.2 Å². The first kappa shape index (κ1) is 22.8. The second-order valence-electron chi connectivity index (χ2n) is 6.71. The van der Waals surface area contributed by atoms with E-state index in [1.807, 2.05) is 0 Å². The minimum Gasteiger partial charge on any atom is -0.394 e. The van der Waals surface area contributed by atoms with E-state index in [9.17, 15) is 18.3 Å². The Balaban J connectivity index is 2.06.